The number of nitrogens with one attached hydrogen (secondary N) is 2. The minimum Gasteiger partial charge on any atom is -0.355 e. The highest BCUT2D eigenvalue weighted by Gasteiger charge is 2.21. The number of hydrogen-bond donors (Lipinski definition) is 2. The van der Waals surface area contributed by atoms with E-state index in [1.807, 2.05) is 49.2 Å². The first-order chi connectivity index (χ1) is 13.5. The molecule has 0 saturated carbocycles. The molecule has 2 amide bonds. The number of carbonyl (C=O) groups is 2. The Balaban J connectivity index is 1.98. The van der Waals surface area contributed by atoms with Crippen molar-refractivity contribution in [3.8, 4) is 0 Å². The maximum absolute atomic E-state index is 12.8. The topological polar surface area (TPSA) is 61.4 Å². The molecule has 0 unspecified atom stereocenters. The predicted molar refractivity (Wildman–Crippen MR) is 113 cm³/mol. The highest BCUT2D eigenvalue weighted by atomic mass is 16.2. The van der Waals surface area contributed by atoms with Crippen LogP contribution >= 0.6 is 0 Å². The van der Waals surface area contributed by atoms with Gasteiger partial charge in [-0.05, 0) is 43.7 Å². The van der Waals surface area contributed by atoms with Crippen molar-refractivity contribution < 1.29 is 9.59 Å². The molecule has 0 radical (unpaired) electrons. The molecule has 5 heteroatoms. The quantitative estimate of drug-likeness (QED) is 0.699. The summed E-state index contributed by atoms with van der Waals surface area (Å²) in [6.45, 7) is 4.68. The van der Waals surface area contributed by atoms with Crippen LogP contribution < -0.4 is 10.6 Å². The average Bonchev–Trinajstić information content (AvgIpc) is 2.73. The number of nitrogens with zero attached hydrogens (tertiary/aromatic N) is 1. The summed E-state index contributed by atoms with van der Waals surface area (Å²) in [5, 5.41) is 5.81. The Kier molecular flexibility index (Phi) is 8.20. The summed E-state index contributed by atoms with van der Waals surface area (Å²) >= 11 is 0. The average molecular weight is 382 g/mol. The van der Waals surface area contributed by atoms with Crippen LogP contribution in [-0.2, 0) is 11.3 Å². The van der Waals surface area contributed by atoms with E-state index in [1.54, 1.807) is 19.2 Å². The number of amides is 2. The van der Waals surface area contributed by atoms with Gasteiger partial charge in [-0.25, -0.2) is 0 Å². The van der Waals surface area contributed by atoms with Crippen molar-refractivity contribution in [1.29, 1.82) is 0 Å². The van der Waals surface area contributed by atoms with E-state index in [0.717, 1.165) is 24.0 Å². The van der Waals surface area contributed by atoms with Gasteiger partial charge in [0.1, 0.15) is 0 Å². The standard InChI is InChI=1S/C23H31N3O2/c1-5-9-21(19-10-7-6-8-11-19)25-22(27)17(2)26(4)16-18-12-14-20(15-13-18)23(28)24-3/h6-8,10-15,17,21H,5,9,16H2,1-4H3,(H,24,28)(H,25,27)/t17-,21+/m1/s1. The monoisotopic (exact) mass is 381 g/mol. The third kappa shape index (κ3) is 5.92. The van der Waals surface area contributed by atoms with Gasteiger partial charge in [-0.15, -0.1) is 0 Å². The molecule has 0 bridgehead atoms. The van der Waals surface area contributed by atoms with Gasteiger partial charge in [0.25, 0.3) is 5.91 Å². The second-order valence-electron chi connectivity index (χ2n) is 7.13. The van der Waals surface area contributed by atoms with E-state index in [1.165, 1.54) is 0 Å². The van der Waals surface area contributed by atoms with E-state index in [-0.39, 0.29) is 23.9 Å². The molecule has 0 saturated heterocycles. The van der Waals surface area contributed by atoms with Crippen LogP contribution in [0, 0.1) is 0 Å². The van der Waals surface area contributed by atoms with E-state index in [4.69, 9.17) is 0 Å². The maximum atomic E-state index is 12.8. The van der Waals surface area contributed by atoms with Crippen molar-refractivity contribution in [2.75, 3.05) is 14.1 Å². The summed E-state index contributed by atoms with van der Waals surface area (Å²) in [4.78, 5) is 26.5. The third-order valence-corrected chi connectivity index (χ3v) is 5.01. The van der Waals surface area contributed by atoms with E-state index < -0.39 is 0 Å². The molecule has 0 fully saturated rings. The summed E-state index contributed by atoms with van der Waals surface area (Å²) in [5.74, 6) is -0.0812. The van der Waals surface area contributed by atoms with Gasteiger partial charge in [0.15, 0.2) is 0 Å². The normalized spacial score (nSPS) is 13.0. The Morgan fingerprint density at radius 2 is 1.68 bits per heavy atom. The van der Waals surface area contributed by atoms with Gasteiger partial charge in [0.05, 0.1) is 12.1 Å². The van der Waals surface area contributed by atoms with E-state index in [2.05, 4.69) is 29.7 Å². The van der Waals surface area contributed by atoms with Crippen LogP contribution in [-0.4, -0.2) is 36.9 Å². The van der Waals surface area contributed by atoms with Crippen LogP contribution in [0.1, 0.15) is 54.2 Å². The fourth-order valence-corrected chi connectivity index (χ4v) is 3.12. The van der Waals surface area contributed by atoms with Crippen molar-refractivity contribution in [2.24, 2.45) is 0 Å². The molecule has 0 aromatic heterocycles. The van der Waals surface area contributed by atoms with Gasteiger partial charge in [0.2, 0.25) is 5.91 Å². The van der Waals surface area contributed by atoms with E-state index in [9.17, 15) is 9.59 Å². The lowest BCUT2D eigenvalue weighted by Gasteiger charge is -2.27. The molecule has 2 N–H and O–H groups in total. The largest absolute Gasteiger partial charge is 0.355 e. The number of carbonyl (C=O) groups excluding carboxylic acids is 2. The highest BCUT2D eigenvalue weighted by Crippen LogP contribution is 2.19. The first-order valence-corrected chi connectivity index (χ1v) is 9.82. The van der Waals surface area contributed by atoms with Crippen LogP contribution in [0.4, 0.5) is 0 Å². The molecule has 150 valence electrons. The SMILES string of the molecule is CCC[C@H](NC(=O)[C@@H](C)N(C)Cc1ccc(C(=O)NC)cc1)c1ccccc1. The number of hydrogen-bond acceptors (Lipinski definition) is 3. The van der Waals surface area contributed by atoms with Gasteiger partial charge in [-0.2, -0.15) is 0 Å². The number of benzene rings is 2. The maximum Gasteiger partial charge on any atom is 0.251 e. The number of rotatable bonds is 9. The van der Waals surface area contributed by atoms with Crippen LogP contribution in [0.15, 0.2) is 54.6 Å². The molecule has 0 aliphatic carbocycles. The van der Waals surface area contributed by atoms with Crippen LogP contribution in [0.3, 0.4) is 0 Å². The van der Waals surface area contributed by atoms with Crippen molar-refractivity contribution in [3.05, 3.63) is 71.3 Å². The molecule has 0 aliphatic heterocycles. The Bertz CT molecular complexity index is 759. The highest BCUT2D eigenvalue weighted by molar-refractivity contribution is 5.93. The van der Waals surface area contributed by atoms with Gasteiger partial charge in [0, 0.05) is 19.2 Å². The summed E-state index contributed by atoms with van der Waals surface area (Å²) in [5.41, 5.74) is 2.82. The van der Waals surface area contributed by atoms with Crippen LogP contribution in [0.25, 0.3) is 0 Å². The van der Waals surface area contributed by atoms with E-state index >= 15 is 0 Å². The molecule has 2 aromatic rings. The molecule has 5 nitrogen and oxygen atoms in total. The summed E-state index contributed by atoms with van der Waals surface area (Å²) in [7, 11) is 3.56. The molecule has 0 aliphatic rings. The second-order valence-corrected chi connectivity index (χ2v) is 7.13. The zero-order chi connectivity index (χ0) is 20.5. The zero-order valence-corrected chi connectivity index (χ0v) is 17.2. The van der Waals surface area contributed by atoms with Gasteiger partial charge >= 0.3 is 0 Å². The van der Waals surface area contributed by atoms with Gasteiger partial charge in [-0.1, -0.05) is 55.8 Å². The third-order valence-electron chi connectivity index (χ3n) is 5.01. The molecule has 2 atom stereocenters. The Morgan fingerprint density at radius 3 is 2.25 bits per heavy atom. The minimum absolute atomic E-state index is 0.0202. The molecular formula is C23H31N3O2. The number of likely N-dealkylation sites (N-methyl/N-ethyl adjacent to an activating group) is 1. The lowest BCUT2D eigenvalue weighted by molar-refractivity contribution is -0.126. The Morgan fingerprint density at radius 1 is 1.04 bits per heavy atom. The summed E-state index contributed by atoms with van der Waals surface area (Å²) in [6, 6.07) is 17.3. The fraction of sp³-hybridized carbons (Fsp3) is 0.391. The van der Waals surface area contributed by atoms with Gasteiger partial charge in [-0.3, -0.25) is 14.5 Å². The first kappa shape index (κ1) is 21.6. The summed E-state index contributed by atoms with van der Waals surface area (Å²) in [6.07, 6.45) is 1.91. The summed E-state index contributed by atoms with van der Waals surface area (Å²) < 4.78 is 0. The smallest absolute Gasteiger partial charge is 0.251 e. The predicted octanol–water partition coefficient (Wildman–Crippen LogP) is 3.52. The van der Waals surface area contributed by atoms with Gasteiger partial charge < -0.3 is 10.6 Å². The molecule has 0 heterocycles. The van der Waals surface area contributed by atoms with Crippen LogP contribution in [0.5, 0.6) is 0 Å². The van der Waals surface area contributed by atoms with Crippen molar-refractivity contribution in [2.45, 2.75) is 45.3 Å². The lowest BCUT2D eigenvalue weighted by atomic mass is 10.0. The second kappa shape index (κ2) is 10.6. The Hall–Kier alpha value is -2.66. The molecule has 2 aromatic carbocycles. The Labute approximate surface area is 168 Å². The fourth-order valence-electron chi connectivity index (χ4n) is 3.12. The van der Waals surface area contributed by atoms with Crippen molar-refractivity contribution in [1.82, 2.24) is 15.5 Å². The lowest BCUT2D eigenvalue weighted by Crippen LogP contribution is -2.44. The molecule has 28 heavy (non-hydrogen) atoms. The first-order valence-electron chi connectivity index (χ1n) is 9.82. The van der Waals surface area contributed by atoms with Crippen molar-refractivity contribution >= 4 is 11.8 Å². The van der Waals surface area contributed by atoms with E-state index in [0.29, 0.717) is 12.1 Å². The molecular weight excluding hydrogens is 350 g/mol. The van der Waals surface area contributed by atoms with Crippen molar-refractivity contribution in [3.63, 3.8) is 0 Å². The van der Waals surface area contributed by atoms with Crippen LogP contribution in [0.2, 0.25) is 0 Å². The zero-order valence-electron chi connectivity index (χ0n) is 17.2. The molecule has 2 rings (SSSR count). The molecule has 0 spiro atoms. The minimum atomic E-state index is -0.262.